The minimum atomic E-state index is -0.289. The smallest absolute Gasteiger partial charge is 0.144 e. The molecule has 2 aromatic carbocycles. The molecule has 0 aliphatic heterocycles. The molecule has 0 fully saturated rings. The van der Waals surface area contributed by atoms with E-state index < -0.39 is 0 Å². The Morgan fingerprint density at radius 3 is 2.78 bits per heavy atom. The van der Waals surface area contributed by atoms with Gasteiger partial charge in [-0.1, -0.05) is 0 Å². The molecule has 0 aliphatic rings. The van der Waals surface area contributed by atoms with E-state index in [1.54, 1.807) is 38.3 Å². The summed E-state index contributed by atoms with van der Waals surface area (Å²) in [5.41, 5.74) is 9.25. The van der Waals surface area contributed by atoms with Crippen LogP contribution in [0.1, 0.15) is 11.1 Å². The first-order valence-electron chi connectivity index (χ1n) is 8.30. The lowest BCUT2D eigenvalue weighted by Crippen LogP contribution is -2.06. The number of aromatic nitrogens is 1. The van der Waals surface area contributed by atoms with Gasteiger partial charge >= 0.3 is 0 Å². The fourth-order valence-corrected chi connectivity index (χ4v) is 2.68. The normalized spacial score (nSPS) is 10.6. The van der Waals surface area contributed by atoms with Gasteiger partial charge in [0.1, 0.15) is 24.2 Å². The van der Waals surface area contributed by atoms with E-state index in [9.17, 15) is 9.65 Å². The van der Waals surface area contributed by atoms with Crippen molar-refractivity contribution in [2.24, 2.45) is 0 Å². The Labute approximate surface area is 156 Å². The van der Waals surface area contributed by atoms with Crippen LogP contribution in [-0.2, 0) is 4.74 Å². The van der Waals surface area contributed by atoms with E-state index in [1.165, 1.54) is 12.3 Å². The third kappa shape index (κ3) is 3.91. The molecule has 7 heteroatoms. The zero-order chi connectivity index (χ0) is 19.4. The number of nitrogens with two attached hydrogens (primary N) is 1. The van der Waals surface area contributed by atoms with Crippen molar-refractivity contribution in [2.45, 2.75) is 6.92 Å². The summed E-state index contributed by atoms with van der Waals surface area (Å²) in [5, 5.41) is 13.3. The second-order valence-electron chi connectivity index (χ2n) is 6.00. The van der Waals surface area contributed by atoms with Crippen molar-refractivity contribution in [3.63, 3.8) is 0 Å². The summed E-state index contributed by atoms with van der Waals surface area (Å²) in [6, 6.07) is 10.2. The summed E-state index contributed by atoms with van der Waals surface area (Å²) in [5.74, 6) is 0.211. The quantitative estimate of drug-likeness (QED) is 0.508. The van der Waals surface area contributed by atoms with Crippen molar-refractivity contribution >= 4 is 28.0 Å². The van der Waals surface area contributed by atoms with E-state index in [4.69, 9.17) is 15.2 Å². The second-order valence-corrected chi connectivity index (χ2v) is 6.00. The number of halogens is 1. The topological polar surface area (TPSA) is 93.2 Å². The first-order chi connectivity index (χ1) is 13.0. The van der Waals surface area contributed by atoms with Crippen LogP contribution in [0.4, 0.5) is 21.5 Å². The summed E-state index contributed by atoms with van der Waals surface area (Å²) in [7, 11) is 1.59. The molecule has 6 nitrogen and oxygen atoms in total. The molecule has 0 unspecified atom stereocenters. The Morgan fingerprint density at radius 2 is 2.07 bits per heavy atom. The third-order valence-electron chi connectivity index (χ3n) is 4.09. The zero-order valence-electron chi connectivity index (χ0n) is 15.0. The van der Waals surface area contributed by atoms with Crippen LogP contribution < -0.4 is 15.8 Å². The molecule has 0 saturated heterocycles. The lowest BCUT2D eigenvalue weighted by molar-refractivity contribution is 0.147. The third-order valence-corrected chi connectivity index (χ3v) is 4.09. The highest BCUT2D eigenvalue weighted by molar-refractivity contribution is 5.98. The SMILES string of the molecule is COCCOc1cc2ncc(C#N)c(Nc3ccc(F)c(C)c3)c2cc1N. The van der Waals surface area contributed by atoms with Crippen molar-refractivity contribution in [3.05, 3.63) is 53.5 Å². The maximum Gasteiger partial charge on any atom is 0.144 e. The maximum absolute atomic E-state index is 13.5. The van der Waals surface area contributed by atoms with Crippen LogP contribution in [0.2, 0.25) is 0 Å². The number of ether oxygens (including phenoxy) is 2. The van der Waals surface area contributed by atoms with Gasteiger partial charge in [-0.25, -0.2) is 4.39 Å². The van der Waals surface area contributed by atoms with E-state index in [-0.39, 0.29) is 5.82 Å². The van der Waals surface area contributed by atoms with Crippen LogP contribution in [-0.4, -0.2) is 25.3 Å². The van der Waals surface area contributed by atoms with Gasteiger partial charge in [-0.3, -0.25) is 4.98 Å². The van der Waals surface area contributed by atoms with Gasteiger partial charge in [0.15, 0.2) is 0 Å². The number of benzene rings is 2. The van der Waals surface area contributed by atoms with Crippen LogP contribution in [0.15, 0.2) is 36.5 Å². The molecule has 3 aromatic rings. The van der Waals surface area contributed by atoms with E-state index in [1.807, 2.05) is 0 Å². The molecule has 0 saturated carbocycles. The zero-order valence-corrected chi connectivity index (χ0v) is 15.0. The number of hydrogen-bond acceptors (Lipinski definition) is 6. The molecule has 0 spiro atoms. The largest absolute Gasteiger partial charge is 0.489 e. The summed E-state index contributed by atoms with van der Waals surface area (Å²) in [6.07, 6.45) is 1.48. The van der Waals surface area contributed by atoms with Gasteiger partial charge in [-0.15, -0.1) is 0 Å². The fourth-order valence-electron chi connectivity index (χ4n) is 2.68. The fraction of sp³-hybridized carbons (Fsp3) is 0.200. The Balaban J connectivity index is 2.05. The Bertz CT molecular complexity index is 1030. The number of hydrogen-bond donors (Lipinski definition) is 2. The maximum atomic E-state index is 13.5. The molecule has 3 rings (SSSR count). The standard InChI is InChI=1S/C20H19FN4O2/c1-12-7-14(3-4-16(12)21)25-20-13(10-22)11-24-18-9-19(27-6-5-26-2)17(23)8-15(18)20/h3-4,7-9,11H,5-6,23H2,1-2H3,(H,24,25). The summed E-state index contributed by atoms with van der Waals surface area (Å²) in [6.45, 7) is 2.48. The molecule has 138 valence electrons. The summed E-state index contributed by atoms with van der Waals surface area (Å²) >= 11 is 0. The average Bonchev–Trinajstić information content (AvgIpc) is 2.66. The van der Waals surface area contributed by atoms with Crippen LogP contribution in [0.25, 0.3) is 10.9 Å². The summed E-state index contributed by atoms with van der Waals surface area (Å²) in [4.78, 5) is 4.33. The predicted molar refractivity (Wildman–Crippen MR) is 103 cm³/mol. The van der Waals surface area contributed by atoms with Gasteiger partial charge in [0.2, 0.25) is 0 Å². The molecule has 27 heavy (non-hydrogen) atoms. The van der Waals surface area contributed by atoms with E-state index in [2.05, 4.69) is 16.4 Å². The lowest BCUT2D eigenvalue weighted by atomic mass is 10.1. The number of nitriles is 1. The molecule has 3 N–H and O–H groups in total. The van der Waals surface area contributed by atoms with Crippen molar-refractivity contribution in [1.82, 2.24) is 4.98 Å². The number of nitrogen functional groups attached to an aromatic ring is 1. The highest BCUT2D eigenvalue weighted by Gasteiger charge is 2.13. The molecule has 0 atom stereocenters. The number of pyridine rings is 1. The number of anilines is 3. The molecule has 0 radical (unpaired) electrons. The Hall–Kier alpha value is -3.37. The van der Waals surface area contributed by atoms with Gasteiger partial charge in [-0.2, -0.15) is 5.26 Å². The second kappa shape index (κ2) is 7.89. The van der Waals surface area contributed by atoms with Crippen molar-refractivity contribution < 1.29 is 13.9 Å². The minimum Gasteiger partial charge on any atom is -0.489 e. The van der Waals surface area contributed by atoms with E-state index in [0.29, 0.717) is 58.1 Å². The van der Waals surface area contributed by atoms with Crippen molar-refractivity contribution in [2.75, 3.05) is 31.4 Å². The monoisotopic (exact) mass is 366 g/mol. The van der Waals surface area contributed by atoms with Crippen LogP contribution in [0.3, 0.4) is 0 Å². The summed E-state index contributed by atoms with van der Waals surface area (Å²) < 4.78 is 24.1. The van der Waals surface area contributed by atoms with Gasteiger partial charge in [-0.05, 0) is 36.8 Å². The van der Waals surface area contributed by atoms with Gasteiger partial charge < -0.3 is 20.5 Å². The predicted octanol–water partition coefficient (Wildman–Crippen LogP) is 3.91. The number of nitrogens with one attached hydrogen (secondary N) is 1. The van der Waals surface area contributed by atoms with Crippen LogP contribution in [0.5, 0.6) is 5.75 Å². The molecule has 0 bridgehead atoms. The number of fused-ring (bicyclic) bond motifs is 1. The first kappa shape index (κ1) is 18.4. The van der Waals surface area contributed by atoms with Crippen LogP contribution in [0, 0.1) is 24.1 Å². The highest BCUT2D eigenvalue weighted by atomic mass is 19.1. The van der Waals surface area contributed by atoms with E-state index >= 15 is 0 Å². The number of aryl methyl sites for hydroxylation is 1. The van der Waals surface area contributed by atoms with Gasteiger partial charge in [0.25, 0.3) is 0 Å². The number of rotatable bonds is 6. The molecule has 1 aromatic heterocycles. The first-order valence-corrected chi connectivity index (χ1v) is 8.30. The average molecular weight is 366 g/mol. The van der Waals surface area contributed by atoms with Gasteiger partial charge in [0, 0.05) is 30.4 Å². The van der Waals surface area contributed by atoms with E-state index in [0.717, 1.165) is 0 Å². The Kier molecular flexibility index (Phi) is 5.38. The Morgan fingerprint density at radius 1 is 1.26 bits per heavy atom. The minimum absolute atomic E-state index is 0.289. The molecule has 0 amide bonds. The highest BCUT2D eigenvalue weighted by Crippen LogP contribution is 2.34. The molecule has 1 heterocycles. The number of nitrogens with zero attached hydrogens (tertiary/aromatic N) is 2. The molecular weight excluding hydrogens is 347 g/mol. The number of methoxy groups -OCH3 is 1. The van der Waals surface area contributed by atoms with Crippen molar-refractivity contribution in [3.8, 4) is 11.8 Å². The molecular formula is C20H19FN4O2. The van der Waals surface area contributed by atoms with Gasteiger partial charge in [0.05, 0.1) is 29.1 Å². The van der Waals surface area contributed by atoms with Crippen LogP contribution >= 0.6 is 0 Å². The molecule has 0 aliphatic carbocycles. The lowest BCUT2D eigenvalue weighted by Gasteiger charge is -2.15. The van der Waals surface area contributed by atoms with Crippen molar-refractivity contribution in [1.29, 1.82) is 5.26 Å².